The van der Waals surface area contributed by atoms with Crippen molar-refractivity contribution in [2.75, 3.05) is 12.3 Å². The Morgan fingerprint density at radius 3 is 2.42 bits per heavy atom. The van der Waals surface area contributed by atoms with Crippen molar-refractivity contribution >= 4 is 34.0 Å². The van der Waals surface area contributed by atoms with E-state index in [0.717, 1.165) is 42.3 Å². The number of ether oxygens (including phenoxy) is 1. The summed E-state index contributed by atoms with van der Waals surface area (Å²) in [6.45, 7) is 5.08. The fourth-order valence-electron chi connectivity index (χ4n) is 3.72. The molecule has 4 aromatic rings. The van der Waals surface area contributed by atoms with Crippen LogP contribution in [-0.4, -0.2) is 27.1 Å². The van der Waals surface area contributed by atoms with Crippen LogP contribution < -0.4 is 5.73 Å². The molecule has 0 amide bonds. The van der Waals surface area contributed by atoms with Crippen molar-refractivity contribution in [3.8, 4) is 0 Å². The Bertz CT molecular complexity index is 1210. The molecule has 4 rings (SSSR count). The SMILES string of the molecule is CCCCCCOC(=O)c1c(N)n(Cc2ccc(C)cc2)c2nc3ccccc3nc12. The van der Waals surface area contributed by atoms with E-state index in [1.54, 1.807) is 0 Å². The van der Waals surface area contributed by atoms with Gasteiger partial charge in [0, 0.05) is 0 Å². The standard InChI is InChI=1S/C25H28N4O2/c1-3-4-5-8-15-31-25(30)21-22-24(28-20-10-7-6-9-19(20)27-22)29(23(21)26)16-18-13-11-17(2)12-14-18/h6-7,9-14H,3-5,8,15-16,26H2,1-2H3. The van der Waals surface area contributed by atoms with Gasteiger partial charge in [0.1, 0.15) is 16.9 Å². The van der Waals surface area contributed by atoms with Crippen LogP contribution in [0.25, 0.3) is 22.2 Å². The maximum Gasteiger partial charge on any atom is 0.344 e. The van der Waals surface area contributed by atoms with Crippen LogP contribution in [0.4, 0.5) is 5.82 Å². The molecule has 0 bridgehead atoms. The number of nitrogens with zero attached hydrogens (tertiary/aromatic N) is 3. The van der Waals surface area contributed by atoms with Crippen LogP contribution in [0.3, 0.4) is 0 Å². The van der Waals surface area contributed by atoms with E-state index in [2.05, 4.69) is 38.1 Å². The highest BCUT2D eigenvalue weighted by atomic mass is 16.5. The van der Waals surface area contributed by atoms with Gasteiger partial charge in [0.2, 0.25) is 0 Å². The molecule has 160 valence electrons. The highest BCUT2D eigenvalue weighted by Gasteiger charge is 2.25. The molecule has 0 aliphatic heterocycles. The van der Waals surface area contributed by atoms with Crippen molar-refractivity contribution in [1.29, 1.82) is 0 Å². The summed E-state index contributed by atoms with van der Waals surface area (Å²) in [6.07, 6.45) is 4.15. The summed E-state index contributed by atoms with van der Waals surface area (Å²) >= 11 is 0. The molecule has 0 fully saturated rings. The Labute approximate surface area is 182 Å². The van der Waals surface area contributed by atoms with Crippen molar-refractivity contribution in [2.45, 2.75) is 46.1 Å². The third-order valence-electron chi connectivity index (χ3n) is 5.49. The maximum absolute atomic E-state index is 13.0. The normalized spacial score (nSPS) is 11.3. The number of unbranched alkanes of at least 4 members (excludes halogenated alkanes) is 3. The van der Waals surface area contributed by atoms with E-state index in [9.17, 15) is 4.79 Å². The molecule has 0 atom stereocenters. The Morgan fingerprint density at radius 1 is 1.00 bits per heavy atom. The van der Waals surface area contributed by atoms with E-state index < -0.39 is 5.97 Å². The number of carbonyl (C=O) groups is 1. The van der Waals surface area contributed by atoms with Gasteiger partial charge in [0.25, 0.3) is 0 Å². The molecule has 2 N–H and O–H groups in total. The molecule has 0 unspecified atom stereocenters. The first kappa shape index (κ1) is 20.8. The van der Waals surface area contributed by atoms with Crippen molar-refractivity contribution < 1.29 is 9.53 Å². The lowest BCUT2D eigenvalue weighted by Gasteiger charge is -2.09. The molecule has 0 aliphatic carbocycles. The number of carbonyl (C=O) groups excluding carboxylic acids is 1. The number of rotatable bonds is 8. The van der Waals surface area contributed by atoms with Crippen molar-refractivity contribution in [1.82, 2.24) is 14.5 Å². The molecule has 0 aliphatic rings. The Hall–Kier alpha value is -3.41. The number of benzene rings is 2. The third kappa shape index (κ3) is 4.38. The molecular weight excluding hydrogens is 388 g/mol. The number of hydrogen-bond donors (Lipinski definition) is 1. The van der Waals surface area contributed by atoms with Crippen molar-refractivity contribution in [2.24, 2.45) is 0 Å². The first-order valence-electron chi connectivity index (χ1n) is 10.9. The van der Waals surface area contributed by atoms with E-state index in [0.29, 0.717) is 35.7 Å². The summed E-state index contributed by atoms with van der Waals surface area (Å²) in [5.41, 5.74) is 11.6. The highest BCUT2D eigenvalue weighted by Crippen LogP contribution is 2.29. The molecule has 6 heteroatoms. The van der Waals surface area contributed by atoms with Gasteiger partial charge in [-0.05, 0) is 31.0 Å². The molecular formula is C25H28N4O2. The molecule has 31 heavy (non-hydrogen) atoms. The number of para-hydroxylation sites is 2. The van der Waals surface area contributed by atoms with Crippen LogP contribution >= 0.6 is 0 Å². The van der Waals surface area contributed by atoms with Crippen LogP contribution in [0, 0.1) is 6.92 Å². The van der Waals surface area contributed by atoms with Gasteiger partial charge in [-0.25, -0.2) is 14.8 Å². The number of esters is 1. The average molecular weight is 417 g/mol. The van der Waals surface area contributed by atoms with E-state index in [1.807, 2.05) is 28.8 Å². The number of aryl methyl sites for hydroxylation is 1. The quantitative estimate of drug-likeness (QED) is 0.313. The van der Waals surface area contributed by atoms with Gasteiger partial charge in [0.15, 0.2) is 5.65 Å². The second-order valence-corrected chi connectivity index (χ2v) is 7.91. The zero-order valence-corrected chi connectivity index (χ0v) is 18.1. The van der Waals surface area contributed by atoms with Gasteiger partial charge >= 0.3 is 5.97 Å². The predicted octanol–water partition coefficient (Wildman–Crippen LogP) is 5.26. The number of nitrogen functional groups attached to an aromatic ring is 1. The van der Waals surface area contributed by atoms with Crippen molar-refractivity contribution in [3.63, 3.8) is 0 Å². The molecule has 0 saturated heterocycles. The summed E-state index contributed by atoms with van der Waals surface area (Å²) in [6, 6.07) is 15.9. The van der Waals surface area contributed by atoms with Crippen LogP contribution in [0.15, 0.2) is 48.5 Å². The zero-order chi connectivity index (χ0) is 21.8. The third-order valence-corrected chi connectivity index (χ3v) is 5.49. The number of nitrogens with two attached hydrogens (primary N) is 1. The van der Waals surface area contributed by atoms with Crippen molar-refractivity contribution in [3.05, 3.63) is 65.2 Å². The summed E-state index contributed by atoms with van der Waals surface area (Å²) < 4.78 is 7.41. The average Bonchev–Trinajstić information content (AvgIpc) is 3.04. The number of hydrogen-bond acceptors (Lipinski definition) is 5. The van der Waals surface area contributed by atoms with Gasteiger partial charge in [-0.1, -0.05) is 68.1 Å². The minimum atomic E-state index is -0.439. The van der Waals surface area contributed by atoms with Crippen LogP contribution in [0.1, 0.15) is 54.1 Å². The van der Waals surface area contributed by atoms with Gasteiger partial charge in [0.05, 0.1) is 24.2 Å². The predicted molar refractivity (Wildman–Crippen MR) is 124 cm³/mol. The van der Waals surface area contributed by atoms with E-state index >= 15 is 0 Å². The van der Waals surface area contributed by atoms with E-state index in [4.69, 9.17) is 20.4 Å². The molecule has 2 aromatic carbocycles. The van der Waals surface area contributed by atoms with E-state index in [-0.39, 0.29) is 0 Å². The minimum Gasteiger partial charge on any atom is -0.462 e. The molecule has 6 nitrogen and oxygen atoms in total. The molecule has 0 saturated carbocycles. The smallest absolute Gasteiger partial charge is 0.344 e. The van der Waals surface area contributed by atoms with Crippen LogP contribution in [-0.2, 0) is 11.3 Å². The first-order valence-corrected chi connectivity index (χ1v) is 10.9. The Balaban J connectivity index is 1.75. The molecule has 0 radical (unpaired) electrons. The summed E-state index contributed by atoms with van der Waals surface area (Å²) in [7, 11) is 0. The Kier molecular flexibility index (Phi) is 6.16. The van der Waals surface area contributed by atoms with Gasteiger partial charge in [-0.2, -0.15) is 0 Å². The number of anilines is 1. The molecule has 0 spiro atoms. The number of fused-ring (bicyclic) bond motifs is 2. The van der Waals surface area contributed by atoms with E-state index in [1.165, 1.54) is 5.56 Å². The monoisotopic (exact) mass is 416 g/mol. The summed E-state index contributed by atoms with van der Waals surface area (Å²) in [5.74, 6) is -0.101. The van der Waals surface area contributed by atoms with Gasteiger partial charge in [-0.15, -0.1) is 0 Å². The number of aromatic nitrogens is 3. The van der Waals surface area contributed by atoms with Gasteiger partial charge in [-0.3, -0.25) is 0 Å². The second-order valence-electron chi connectivity index (χ2n) is 7.91. The first-order chi connectivity index (χ1) is 15.1. The molecule has 2 aromatic heterocycles. The topological polar surface area (TPSA) is 83.0 Å². The molecule has 2 heterocycles. The fourth-order valence-corrected chi connectivity index (χ4v) is 3.72. The lowest BCUT2D eigenvalue weighted by molar-refractivity contribution is 0.0501. The largest absolute Gasteiger partial charge is 0.462 e. The Morgan fingerprint density at radius 2 is 1.71 bits per heavy atom. The maximum atomic E-state index is 13.0. The minimum absolute atomic E-state index is 0.302. The highest BCUT2D eigenvalue weighted by molar-refractivity contribution is 6.08. The zero-order valence-electron chi connectivity index (χ0n) is 18.1. The fraction of sp³-hybridized carbons (Fsp3) is 0.320. The second kappa shape index (κ2) is 9.16. The van der Waals surface area contributed by atoms with Crippen LogP contribution in [0.2, 0.25) is 0 Å². The summed E-state index contributed by atoms with van der Waals surface area (Å²) in [4.78, 5) is 22.5. The lowest BCUT2D eigenvalue weighted by Crippen LogP contribution is -2.11. The van der Waals surface area contributed by atoms with Gasteiger partial charge < -0.3 is 15.0 Å². The summed E-state index contributed by atoms with van der Waals surface area (Å²) in [5, 5.41) is 0. The van der Waals surface area contributed by atoms with Crippen LogP contribution in [0.5, 0.6) is 0 Å². The lowest BCUT2D eigenvalue weighted by atomic mass is 10.1.